The molecule has 1 heterocycles. The number of aromatic nitrogens is 1. The fourth-order valence-electron chi connectivity index (χ4n) is 1.27. The summed E-state index contributed by atoms with van der Waals surface area (Å²) in [4.78, 5) is 15.7. The monoisotopic (exact) mass is 296 g/mol. The van der Waals surface area contributed by atoms with Gasteiger partial charge in [0.25, 0.3) is 5.91 Å². The smallest absolute Gasteiger partial charge is 0.275 e. The van der Waals surface area contributed by atoms with E-state index in [9.17, 15) is 4.79 Å². The summed E-state index contributed by atoms with van der Waals surface area (Å²) >= 11 is 4.79. The lowest BCUT2D eigenvalue weighted by molar-refractivity contribution is 0.102. The van der Waals surface area contributed by atoms with E-state index in [4.69, 9.17) is 0 Å². The highest BCUT2D eigenvalue weighted by Crippen LogP contribution is 2.18. The molecule has 2 aromatic rings. The molecule has 0 bridgehead atoms. The number of nitrogens with zero attached hydrogens (tertiary/aromatic N) is 1. The van der Waals surface area contributed by atoms with Crippen molar-refractivity contribution in [2.75, 3.05) is 5.32 Å². The number of carbonyl (C=O) groups is 1. The molecule has 16 heavy (non-hydrogen) atoms. The van der Waals surface area contributed by atoms with Gasteiger partial charge in [-0.1, -0.05) is 34.1 Å². The Balaban J connectivity index is 2.18. The first-order valence-electron chi connectivity index (χ1n) is 4.64. The van der Waals surface area contributed by atoms with E-state index in [0.29, 0.717) is 11.0 Å². The highest BCUT2D eigenvalue weighted by Gasteiger charge is 2.09. The normalized spacial score (nSPS) is 10.1. The van der Waals surface area contributed by atoms with Gasteiger partial charge >= 0.3 is 0 Å². The number of carbonyl (C=O) groups excluding carboxylic acids is 1. The van der Waals surface area contributed by atoms with Crippen LogP contribution in [-0.2, 0) is 5.33 Å². The molecule has 5 heteroatoms. The van der Waals surface area contributed by atoms with Crippen LogP contribution in [0.3, 0.4) is 0 Å². The Hall–Kier alpha value is -1.20. The molecule has 0 aliphatic rings. The summed E-state index contributed by atoms with van der Waals surface area (Å²) in [5.41, 5.74) is 3.96. The van der Waals surface area contributed by atoms with Gasteiger partial charge in [0, 0.05) is 16.4 Å². The minimum atomic E-state index is -0.172. The van der Waals surface area contributed by atoms with Crippen molar-refractivity contribution in [2.45, 2.75) is 5.33 Å². The maximum Gasteiger partial charge on any atom is 0.275 e. The summed E-state index contributed by atoms with van der Waals surface area (Å²) in [5, 5.41) is 5.28. The third kappa shape index (κ3) is 2.48. The number of amides is 1. The predicted octanol–water partition coefficient (Wildman–Crippen LogP) is 3.29. The van der Waals surface area contributed by atoms with Crippen LogP contribution in [0.5, 0.6) is 0 Å². The van der Waals surface area contributed by atoms with E-state index < -0.39 is 0 Å². The van der Waals surface area contributed by atoms with E-state index in [1.54, 1.807) is 10.9 Å². The molecular weight excluding hydrogens is 288 g/mol. The molecule has 0 atom stereocenters. The number of benzene rings is 1. The van der Waals surface area contributed by atoms with Gasteiger partial charge in [-0.25, -0.2) is 4.98 Å². The van der Waals surface area contributed by atoms with Crippen molar-refractivity contribution in [3.05, 3.63) is 46.4 Å². The number of halogens is 1. The standard InChI is InChI=1S/C11H9BrN2OS/c12-5-8-3-1-2-4-9(8)14-11(15)10-6-16-7-13-10/h1-4,6-7H,5H2,(H,14,15). The molecule has 1 N–H and O–H groups in total. The second-order valence-corrected chi connectivity index (χ2v) is 4.40. The second-order valence-electron chi connectivity index (χ2n) is 3.12. The molecule has 0 aliphatic heterocycles. The van der Waals surface area contributed by atoms with Gasteiger partial charge in [0.05, 0.1) is 5.51 Å². The van der Waals surface area contributed by atoms with Crippen molar-refractivity contribution in [3.63, 3.8) is 0 Å². The maximum absolute atomic E-state index is 11.8. The van der Waals surface area contributed by atoms with E-state index in [0.717, 1.165) is 11.3 Å². The number of para-hydroxylation sites is 1. The zero-order valence-electron chi connectivity index (χ0n) is 8.31. The molecule has 0 saturated heterocycles. The third-order valence-electron chi connectivity index (χ3n) is 2.07. The van der Waals surface area contributed by atoms with Crippen molar-refractivity contribution < 1.29 is 4.79 Å². The Kier molecular flexibility index (Phi) is 3.69. The van der Waals surface area contributed by atoms with Crippen LogP contribution in [0.15, 0.2) is 35.2 Å². The summed E-state index contributed by atoms with van der Waals surface area (Å²) in [5.74, 6) is -0.172. The van der Waals surface area contributed by atoms with E-state index in [1.807, 2.05) is 24.3 Å². The van der Waals surface area contributed by atoms with Gasteiger partial charge in [0.15, 0.2) is 0 Å². The third-order valence-corrected chi connectivity index (χ3v) is 3.27. The molecular formula is C11H9BrN2OS. The molecule has 0 saturated carbocycles. The van der Waals surface area contributed by atoms with Crippen LogP contribution in [-0.4, -0.2) is 10.9 Å². The van der Waals surface area contributed by atoms with Gasteiger partial charge in [-0.15, -0.1) is 11.3 Å². The zero-order valence-corrected chi connectivity index (χ0v) is 10.7. The molecule has 0 radical (unpaired) electrons. The summed E-state index contributed by atoms with van der Waals surface area (Å²) in [6, 6.07) is 7.67. The fraction of sp³-hybridized carbons (Fsp3) is 0.0909. The molecule has 1 amide bonds. The van der Waals surface area contributed by atoms with Crippen molar-refractivity contribution >= 4 is 38.9 Å². The Morgan fingerprint density at radius 1 is 1.44 bits per heavy atom. The van der Waals surface area contributed by atoms with Gasteiger partial charge < -0.3 is 5.32 Å². The topological polar surface area (TPSA) is 42.0 Å². The molecule has 0 aliphatic carbocycles. The molecule has 82 valence electrons. The number of hydrogen-bond acceptors (Lipinski definition) is 3. The second kappa shape index (κ2) is 5.23. The zero-order chi connectivity index (χ0) is 11.4. The number of rotatable bonds is 3. The van der Waals surface area contributed by atoms with Gasteiger partial charge in [-0.3, -0.25) is 4.79 Å². The van der Waals surface area contributed by atoms with Crippen LogP contribution in [0.4, 0.5) is 5.69 Å². The lowest BCUT2D eigenvalue weighted by atomic mass is 10.2. The van der Waals surface area contributed by atoms with E-state index >= 15 is 0 Å². The van der Waals surface area contributed by atoms with Crippen LogP contribution >= 0.6 is 27.3 Å². The molecule has 2 rings (SSSR count). The Morgan fingerprint density at radius 3 is 2.94 bits per heavy atom. The predicted molar refractivity (Wildman–Crippen MR) is 69.1 cm³/mol. The fourth-order valence-corrected chi connectivity index (χ4v) is 2.29. The SMILES string of the molecule is O=C(Nc1ccccc1CBr)c1cscn1. The minimum absolute atomic E-state index is 0.172. The molecule has 0 fully saturated rings. The Labute approximate surface area is 106 Å². The summed E-state index contributed by atoms with van der Waals surface area (Å²) in [7, 11) is 0. The summed E-state index contributed by atoms with van der Waals surface area (Å²) in [6.45, 7) is 0. The summed E-state index contributed by atoms with van der Waals surface area (Å²) < 4.78 is 0. The first-order chi connectivity index (χ1) is 7.81. The Bertz CT molecular complexity index is 484. The lowest BCUT2D eigenvalue weighted by Gasteiger charge is -2.07. The van der Waals surface area contributed by atoms with Crippen LogP contribution in [0.2, 0.25) is 0 Å². The van der Waals surface area contributed by atoms with Gasteiger partial charge in [0.1, 0.15) is 5.69 Å². The first kappa shape index (κ1) is 11.3. The van der Waals surface area contributed by atoms with Crippen molar-refractivity contribution in [2.24, 2.45) is 0 Å². The minimum Gasteiger partial charge on any atom is -0.320 e. The van der Waals surface area contributed by atoms with E-state index in [2.05, 4.69) is 26.2 Å². The van der Waals surface area contributed by atoms with Crippen LogP contribution in [0, 0.1) is 0 Å². The van der Waals surface area contributed by atoms with Crippen LogP contribution in [0.1, 0.15) is 16.1 Å². The number of nitrogens with one attached hydrogen (secondary N) is 1. The molecule has 3 nitrogen and oxygen atoms in total. The highest BCUT2D eigenvalue weighted by molar-refractivity contribution is 9.08. The number of alkyl halides is 1. The lowest BCUT2D eigenvalue weighted by Crippen LogP contribution is -2.13. The molecule has 0 unspecified atom stereocenters. The van der Waals surface area contributed by atoms with Gasteiger partial charge in [-0.05, 0) is 11.6 Å². The van der Waals surface area contributed by atoms with E-state index in [-0.39, 0.29) is 5.91 Å². The number of hydrogen-bond donors (Lipinski definition) is 1. The van der Waals surface area contributed by atoms with Crippen molar-refractivity contribution in [3.8, 4) is 0 Å². The average molecular weight is 297 g/mol. The van der Waals surface area contributed by atoms with Crippen LogP contribution in [0.25, 0.3) is 0 Å². The maximum atomic E-state index is 11.8. The Morgan fingerprint density at radius 2 is 2.25 bits per heavy atom. The van der Waals surface area contributed by atoms with Gasteiger partial charge in [-0.2, -0.15) is 0 Å². The number of thiazole rings is 1. The highest BCUT2D eigenvalue weighted by atomic mass is 79.9. The summed E-state index contributed by atoms with van der Waals surface area (Å²) in [6.07, 6.45) is 0. The van der Waals surface area contributed by atoms with Crippen molar-refractivity contribution in [1.82, 2.24) is 4.98 Å². The first-order valence-corrected chi connectivity index (χ1v) is 6.71. The molecule has 1 aromatic carbocycles. The van der Waals surface area contributed by atoms with Gasteiger partial charge in [0.2, 0.25) is 0 Å². The average Bonchev–Trinajstić information content (AvgIpc) is 2.83. The molecule has 0 spiro atoms. The van der Waals surface area contributed by atoms with Crippen molar-refractivity contribution in [1.29, 1.82) is 0 Å². The quantitative estimate of drug-likeness (QED) is 0.883. The number of anilines is 1. The van der Waals surface area contributed by atoms with Crippen LogP contribution < -0.4 is 5.32 Å². The largest absolute Gasteiger partial charge is 0.320 e. The molecule has 1 aromatic heterocycles. The van der Waals surface area contributed by atoms with E-state index in [1.165, 1.54) is 11.3 Å².